The molecule has 0 rings (SSSR count). The summed E-state index contributed by atoms with van der Waals surface area (Å²) in [5.41, 5.74) is 0. The Bertz CT molecular complexity index is 598. The lowest BCUT2D eigenvalue weighted by atomic mass is 10.1. The summed E-state index contributed by atoms with van der Waals surface area (Å²) in [6.45, 7) is 15.0. The van der Waals surface area contributed by atoms with E-state index in [2.05, 4.69) is 32.6 Å². The number of rotatable bonds is 41. The molecule has 0 unspecified atom stereocenters. The second kappa shape index (κ2) is 40.8. The first-order valence-corrected chi connectivity index (χ1v) is 21.8. The van der Waals surface area contributed by atoms with E-state index >= 15 is 0 Å². The Hall–Kier alpha value is -0.650. The fourth-order valence-electron chi connectivity index (χ4n) is 6.47. The lowest BCUT2D eigenvalue weighted by molar-refractivity contribution is -0.148. The lowest BCUT2D eigenvalue weighted by Crippen LogP contribution is -2.25. The van der Waals surface area contributed by atoms with Gasteiger partial charge in [0.2, 0.25) is 0 Å². The maximum atomic E-state index is 12.0. The van der Waals surface area contributed by atoms with Crippen LogP contribution in [0.15, 0.2) is 0 Å². The summed E-state index contributed by atoms with van der Waals surface area (Å²) in [6.07, 6.45) is 38.5. The van der Waals surface area contributed by atoms with E-state index in [4.69, 9.17) is 14.2 Å². The first-order valence-electron chi connectivity index (χ1n) is 21.8. The zero-order chi connectivity index (χ0) is 35.0. The minimum absolute atomic E-state index is 0.000374. The largest absolute Gasteiger partial charge is 0.466 e. The van der Waals surface area contributed by atoms with Gasteiger partial charge in [-0.1, -0.05) is 169 Å². The summed E-state index contributed by atoms with van der Waals surface area (Å²) < 4.78 is 17.9. The number of hydrogen-bond donors (Lipinski definition) is 0. The highest BCUT2D eigenvalue weighted by molar-refractivity contribution is 5.69. The van der Waals surface area contributed by atoms with Crippen molar-refractivity contribution in [2.45, 2.75) is 233 Å². The van der Waals surface area contributed by atoms with Crippen molar-refractivity contribution in [2.75, 3.05) is 39.5 Å². The molecule has 5 nitrogen and oxygen atoms in total. The van der Waals surface area contributed by atoms with Crippen LogP contribution in [-0.4, -0.2) is 56.6 Å². The predicted molar refractivity (Wildman–Crippen MR) is 209 cm³/mol. The molecule has 0 saturated carbocycles. The Labute approximate surface area is 301 Å². The molecular weight excluding hydrogens is 594 g/mol. The highest BCUT2D eigenvalue weighted by Crippen LogP contribution is 2.15. The van der Waals surface area contributed by atoms with Gasteiger partial charge >= 0.3 is 5.97 Å². The van der Waals surface area contributed by atoms with E-state index in [1.807, 2.05) is 0 Å². The maximum absolute atomic E-state index is 12.0. The first kappa shape index (κ1) is 47.4. The molecule has 0 aromatic heterocycles. The summed E-state index contributed by atoms with van der Waals surface area (Å²) in [6, 6.07) is 0. The minimum atomic E-state index is 0.000374. The Morgan fingerprint density at radius 2 is 0.812 bits per heavy atom. The van der Waals surface area contributed by atoms with E-state index < -0.39 is 0 Å². The van der Waals surface area contributed by atoms with Crippen molar-refractivity contribution in [3.8, 4) is 0 Å². The minimum Gasteiger partial charge on any atom is -0.466 e. The van der Waals surface area contributed by atoms with Gasteiger partial charge in [0.05, 0.1) is 6.61 Å². The van der Waals surface area contributed by atoms with Crippen LogP contribution in [0.3, 0.4) is 0 Å². The standard InChI is InChI=1S/C43H87NO4/c1-5-9-12-15-18-27-32-39-46-42(45)35-28-21-19-23-30-37-44(8-4)38-31-24-20-22-29-36-43(47-40-33-25-16-13-10-6-2)48-41-34-26-17-14-11-7-3/h43H,5-41H2,1-4H3. The van der Waals surface area contributed by atoms with E-state index in [-0.39, 0.29) is 12.3 Å². The molecule has 0 spiro atoms. The van der Waals surface area contributed by atoms with Crippen molar-refractivity contribution >= 4 is 5.97 Å². The van der Waals surface area contributed by atoms with Gasteiger partial charge in [0.15, 0.2) is 6.29 Å². The van der Waals surface area contributed by atoms with Crippen molar-refractivity contribution in [1.82, 2.24) is 4.90 Å². The first-order chi connectivity index (χ1) is 23.7. The Morgan fingerprint density at radius 1 is 0.438 bits per heavy atom. The zero-order valence-corrected chi connectivity index (χ0v) is 33.3. The molecule has 0 aliphatic carbocycles. The highest BCUT2D eigenvalue weighted by atomic mass is 16.7. The van der Waals surface area contributed by atoms with Crippen molar-refractivity contribution in [2.24, 2.45) is 0 Å². The van der Waals surface area contributed by atoms with Gasteiger partial charge in [0.1, 0.15) is 0 Å². The second-order valence-corrected chi connectivity index (χ2v) is 14.6. The summed E-state index contributed by atoms with van der Waals surface area (Å²) >= 11 is 0. The molecule has 288 valence electrons. The van der Waals surface area contributed by atoms with Gasteiger partial charge in [-0.05, 0) is 71.0 Å². The van der Waals surface area contributed by atoms with E-state index in [9.17, 15) is 4.79 Å². The van der Waals surface area contributed by atoms with Gasteiger partial charge in [-0.25, -0.2) is 0 Å². The van der Waals surface area contributed by atoms with E-state index in [1.165, 1.54) is 180 Å². The molecule has 0 fully saturated rings. The van der Waals surface area contributed by atoms with Crippen LogP contribution in [-0.2, 0) is 19.0 Å². The van der Waals surface area contributed by atoms with Crippen LogP contribution in [0.25, 0.3) is 0 Å². The molecule has 0 aliphatic rings. The molecule has 5 heteroatoms. The molecule has 0 aromatic carbocycles. The van der Waals surface area contributed by atoms with Crippen LogP contribution in [0.1, 0.15) is 227 Å². The third-order valence-electron chi connectivity index (χ3n) is 9.83. The molecule has 48 heavy (non-hydrogen) atoms. The van der Waals surface area contributed by atoms with Crippen molar-refractivity contribution < 1.29 is 19.0 Å². The number of nitrogens with zero attached hydrogens (tertiary/aromatic N) is 1. The van der Waals surface area contributed by atoms with Gasteiger partial charge in [0, 0.05) is 19.6 Å². The molecule has 0 aliphatic heterocycles. The van der Waals surface area contributed by atoms with Gasteiger partial charge in [0.25, 0.3) is 0 Å². The van der Waals surface area contributed by atoms with Crippen LogP contribution < -0.4 is 0 Å². The van der Waals surface area contributed by atoms with Crippen LogP contribution in [0.2, 0.25) is 0 Å². The van der Waals surface area contributed by atoms with Gasteiger partial charge < -0.3 is 19.1 Å². The van der Waals surface area contributed by atoms with Crippen molar-refractivity contribution in [3.05, 3.63) is 0 Å². The second-order valence-electron chi connectivity index (χ2n) is 14.6. The summed E-state index contributed by atoms with van der Waals surface area (Å²) in [7, 11) is 0. The van der Waals surface area contributed by atoms with Gasteiger partial charge in [-0.3, -0.25) is 4.79 Å². The van der Waals surface area contributed by atoms with E-state index in [1.54, 1.807) is 0 Å². The number of esters is 1. The molecule has 0 amide bonds. The van der Waals surface area contributed by atoms with E-state index in [0.29, 0.717) is 13.0 Å². The molecule has 0 aromatic rings. The highest BCUT2D eigenvalue weighted by Gasteiger charge is 2.10. The quantitative estimate of drug-likeness (QED) is 0.0365. The smallest absolute Gasteiger partial charge is 0.305 e. The third-order valence-corrected chi connectivity index (χ3v) is 9.83. The topological polar surface area (TPSA) is 48.0 Å². The zero-order valence-electron chi connectivity index (χ0n) is 33.3. The number of carbonyl (C=O) groups is 1. The number of hydrogen-bond acceptors (Lipinski definition) is 5. The van der Waals surface area contributed by atoms with Gasteiger partial charge in [-0.2, -0.15) is 0 Å². The molecule has 0 atom stereocenters. The predicted octanol–water partition coefficient (Wildman–Crippen LogP) is 13.4. The summed E-state index contributed by atoms with van der Waals surface area (Å²) in [4.78, 5) is 14.6. The Kier molecular flexibility index (Phi) is 40.2. The van der Waals surface area contributed by atoms with E-state index in [0.717, 1.165) is 45.4 Å². The molecule has 0 saturated heterocycles. The average molecular weight is 682 g/mol. The van der Waals surface area contributed by atoms with Crippen molar-refractivity contribution in [3.63, 3.8) is 0 Å². The molecular formula is C43H87NO4. The summed E-state index contributed by atoms with van der Waals surface area (Å²) in [5, 5.41) is 0. The van der Waals surface area contributed by atoms with Gasteiger partial charge in [-0.15, -0.1) is 0 Å². The molecule has 0 bridgehead atoms. The SMILES string of the molecule is CCCCCCCCCOC(=O)CCCCCCCN(CC)CCCCCCCC(OCCCCCCCC)OCCCCCCCC. The lowest BCUT2D eigenvalue weighted by Gasteiger charge is -2.20. The fourth-order valence-corrected chi connectivity index (χ4v) is 6.47. The number of ether oxygens (including phenoxy) is 3. The maximum Gasteiger partial charge on any atom is 0.305 e. The van der Waals surface area contributed by atoms with Crippen molar-refractivity contribution in [1.29, 1.82) is 0 Å². The van der Waals surface area contributed by atoms with Crippen LogP contribution in [0.5, 0.6) is 0 Å². The monoisotopic (exact) mass is 682 g/mol. The number of unbranched alkanes of at least 4 members (excludes halogenated alkanes) is 24. The third kappa shape index (κ3) is 36.6. The van der Waals surface area contributed by atoms with Crippen LogP contribution >= 0.6 is 0 Å². The average Bonchev–Trinajstić information content (AvgIpc) is 3.09. The Balaban J connectivity index is 3.84. The molecule has 0 heterocycles. The normalized spacial score (nSPS) is 11.7. The fraction of sp³-hybridized carbons (Fsp3) is 0.977. The van der Waals surface area contributed by atoms with Crippen LogP contribution in [0, 0.1) is 0 Å². The molecule has 0 radical (unpaired) electrons. The number of carbonyl (C=O) groups excluding carboxylic acids is 1. The summed E-state index contributed by atoms with van der Waals surface area (Å²) in [5.74, 6) is 0.00613. The van der Waals surface area contributed by atoms with Crippen LogP contribution in [0.4, 0.5) is 0 Å². The molecule has 0 N–H and O–H groups in total. The Morgan fingerprint density at radius 3 is 1.27 bits per heavy atom.